The Balaban J connectivity index is 2.34. The molecular formula is C8H13InN2O4. The van der Waals surface area contributed by atoms with Gasteiger partial charge in [0, 0.05) is 0 Å². The van der Waals surface area contributed by atoms with E-state index in [1.54, 1.807) is 13.1 Å². The first-order chi connectivity index (χ1) is 7.15. The summed E-state index contributed by atoms with van der Waals surface area (Å²) in [5, 5.41) is 10.6. The van der Waals surface area contributed by atoms with E-state index in [9.17, 15) is 14.9 Å². The summed E-state index contributed by atoms with van der Waals surface area (Å²) >= 11 is -2.48. The molecule has 0 aromatic heterocycles. The quantitative estimate of drug-likeness (QED) is 0.422. The van der Waals surface area contributed by atoms with Crippen LogP contribution in [0.15, 0.2) is 2.98 Å². The fourth-order valence-corrected chi connectivity index (χ4v) is 8.33. The fraction of sp³-hybridized carbons (Fsp3) is 0.750. The molecule has 0 amide bonds. The van der Waals surface area contributed by atoms with Gasteiger partial charge in [-0.15, -0.1) is 0 Å². The number of esters is 1. The molecule has 0 aromatic carbocycles. The molecule has 1 aliphatic rings. The van der Waals surface area contributed by atoms with Crippen LogP contribution in [0.3, 0.4) is 0 Å². The molecule has 1 aliphatic heterocycles. The zero-order valence-corrected chi connectivity index (χ0v) is 11.9. The van der Waals surface area contributed by atoms with Crippen molar-refractivity contribution < 1.29 is 14.5 Å². The van der Waals surface area contributed by atoms with Crippen molar-refractivity contribution in [1.82, 2.24) is 0 Å². The molecule has 7 heteroatoms. The molecule has 82 valence electrons. The molecule has 1 rings (SSSR count). The summed E-state index contributed by atoms with van der Waals surface area (Å²) in [4.78, 5) is 21.5. The minimum atomic E-state index is -2.48. The first-order valence-corrected chi connectivity index (χ1v) is 10.7. The van der Waals surface area contributed by atoms with Crippen LogP contribution in [0.25, 0.3) is 0 Å². The van der Waals surface area contributed by atoms with Crippen molar-refractivity contribution in [3.63, 3.8) is 0 Å². The summed E-state index contributed by atoms with van der Waals surface area (Å²) in [6.07, 6.45) is 2.40. The fourth-order valence-electron chi connectivity index (χ4n) is 1.55. The van der Waals surface area contributed by atoms with Gasteiger partial charge >= 0.3 is 95.8 Å². The van der Waals surface area contributed by atoms with Crippen molar-refractivity contribution in [2.75, 3.05) is 6.61 Å². The van der Waals surface area contributed by atoms with E-state index < -0.39 is 25.5 Å². The molecule has 0 aliphatic carbocycles. The van der Waals surface area contributed by atoms with Crippen LogP contribution in [0.4, 0.5) is 0 Å². The molecule has 1 heterocycles. The Bertz CT molecular complexity index is 282. The maximum absolute atomic E-state index is 11.1. The van der Waals surface area contributed by atoms with Gasteiger partial charge in [0.1, 0.15) is 0 Å². The standard InChI is InChI=1S/C5H9O2.C3H4N2O2.In/c1-3-5(6)7-4-2;4-2-1-3-5(6)7;/h1,3-4H2,2H3;2-3H,1H2;/q;-1;+1. The number of rotatable bonds is 5. The number of nitro groups is 1. The van der Waals surface area contributed by atoms with Crippen molar-refractivity contribution in [2.45, 2.75) is 27.7 Å². The molecular weight excluding hydrogens is 303 g/mol. The van der Waals surface area contributed by atoms with Crippen LogP contribution in [0.2, 0.25) is 4.18 Å². The zero-order chi connectivity index (χ0) is 11.3. The van der Waals surface area contributed by atoms with E-state index in [-0.39, 0.29) is 17.3 Å². The number of hydrogen-bond donors (Lipinski definition) is 0. The molecule has 0 spiro atoms. The molecule has 0 aromatic rings. The minimum absolute atomic E-state index is 0.237. The molecule has 0 bridgehead atoms. The summed E-state index contributed by atoms with van der Waals surface area (Å²) in [7, 11) is 0. The van der Waals surface area contributed by atoms with Crippen LogP contribution in [0.1, 0.15) is 19.8 Å². The molecule has 0 saturated carbocycles. The number of carbonyl (C=O) groups is 1. The van der Waals surface area contributed by atoms with Crippen LogP contribution in [-0.4, -0.2) is 49.2 Å². The van der Waals surface area contributed by atoms with Gasteiger partial charge in [-0.2, -0.15) is 0 Å². The summed E-state index contributed by atoms with van der Waals surface area (Å²) in [5.74, 6) is -0.265. The third-order valence-electron chi connectivity index (χ3n) is 2.31. The monoisotopic (exact) mass is 316 g/mol. The van der Waals surface area contributed by atoms with Crippen LogP contribution < -0.4 is 0 Å². The number of nitrogens with zero attached hydrogens (tertiary/aromatic N) is 2. The van der Waals surface area contributed by atoms with Gasteiger partial charge < -0.3 is 0 Å². The predicted octanol–water partition coefficient (Wildman–Crippen LogP) is 0.590. The molecule has 6 nitrogen and oxygen atoms in total. The summed E-state index contributed by atoms with van der Waals surface area (Å²) in [6.45, 7) is 2.11. The van der Waals surface area contributed by atoms with Gasteiger partial charge in [-0.1, -0.05) is 0 Å². The predicted molar refractivity (Wildman–Crippen MR) is 55.7 cm³/mol. The van der Waals surface area contributed by atoms with Gasteiger partial charge in [-0.25, -0.2) is 0 Å². The topological polar surface area (TPSA) is 81.8 Å². The first-order valence-electron chi connectivity index (χ1n) is 4.96. The molecule has 15 heavy (non-hydrogen) atoms. The normalized spacial score (nSPS) is 19.3. The van der Waals surface area contributed by atoms with E-state index in [1.165, 1.54) is 0 Å². The second-order valence-electron chi connectivity index (χ2n) is 3.33. The van der Waals surface area contributed by atoms with Crippen molar-refractivity contribution in [2.24, 2.45) is 2.98 Å². The van der Waals surface area contributed by atoms with Gasteiger partial charge in [0.25, 0.3) is 0 Å². The third-order valence-corrected chi connectivity index (χ3v) is 10.5. The van der Waals surface area contributed by atoms with E-state index in [4.69, 9.17) is 4.74 Å². The van der Waals surface area contributed by atoms with E-state index in [0.29, 0.717) is 17.2 Å². The molecule has 0 radical (unpaired) electrons. The Morgan fingerprint density at radius 1 is 1.80 bits per heavy atom. The van der Waals surface area contributed by atoms with Gasteiger partial charge in [0.05, 0.1) is 0 Å². The second-order valence-corrected chi connectivity index (χ2v) is 11.3. The van der Waals surface area contributed by atoms with E-state index >= 15 is 0 Å². The van der Waals surface area contributed by atoms with Crippen LogP contribution in [-0.2, 0) is 9.53 Å². The third kappa shape index (κ3) is 3.81. The maximum atomic E-state index is 11.1. The van der Waals surface area contributed by atoms with Crippen molar-refractivity contribution in [1.29, 1.82) is 0 Å². The zero-order valence-electron chi connectivity index (χ0n) is 8.59. The second kappa shape index (κ2) is 6.09. The molecule has 0 fully saturated rings. The van der Waals surface area contributed by atoms with Crippen LogP contribution in [0, 0.1) is 10.1 Å². The first kappa shape index (κ1) is 12.5. The number of carbonyl (C=O) groups excluding carboxylic acids is 1. The van der Waals surface area contributed by atoms with Crippen LogP contribution in [0.5, 0.6) is 0 Å². The van der Waals surface area contributed by atoms with Crippen LogP contribution >= 0.6 is 0 Å². The van der Waals surface area contributed by atoms with E-state index in [0.717, 1.165) is 0 Å². The Kier molecular flexibility index (Phi) is 5.07. The average molecular weight is 316 g/mol. The Hall–Kier alpha value is -0.590. The molecule has 1 unspecified atom stereocenters. The van der Waals surface area contributed by atoms with E-state index in [1.807, 2.05) is 0 Å². The van der Waals surface area contributed by atoms with Gasteiger partial charge in [-0.3, -0.25) is 0 Å². The Morgan fingerprint density at radius 3 is 3.13 bits per heavy atom. The molecule has 0 N–H and O–H groups in total. The van der Waals surface area contributed by atoms with Gasteiger partial charge in [0.2, 0.25) is 0 Å². The van der Waals surface area contributed by atoms with Crippen molar-refractivity contribution in [3.05, 3.63) is 10.1 Å². The Labute approximate surface area is 95.8 Å². The van der Waals surface area contributed by atoms with Gasteiger partial charge in [-0.05, 0) is 0 Å². The van der Waals surface area contributed by atoms with Crippen molar-refractivity contribution >= 4 is 33.9 Å². The molecule has 0 saturated heterocycles. The average Bonchev–Trinajstić information content (AvgIpc) is 2.63. The van der Waals surface area contributed by atoms with E-state index in [2.05, 4.69) is 2.98 Å². The summed E-state index contributed by atoms with van der Waals surface area (Å²) in [6, 6.07) is 0. The van der Waals surface area contributed by atoms with Gasteiger partial charge in [0.15, 0.2) is 0 Å². The number of ether oxygens (including phenoxy) is 1. The van der Waals surface area contributed by atoms with Crippen molar-refractivity contribution in [3.8, 4) is 0 Å². The summed E-state index contributed by atoms with van der Waals surface area (Å²) < 4.78 is 9.12. The molecule has 1 atom stereocenters. The Morgan fingerprint density at radius 2 is 2.53 bits per heavy atom. The summed E-state index contributed by atoms with van der Waals surface area (Å²) in [5.41, 5.74) is 0. The SMILES string of the molecule is CCOC(=O)C[CH2][In]1[N]=CC[CH]1[N+](=O)[O-]. The number of hydrogen-bond acceptors (Lipinski definition) is 5.